The molecule has 0 spiro atoms. The summed E-state index contributed by atoms with van der Waals surface area (Å²) >= 11 is 0. The van der Waals surface area contributed by atoms with E-state index >= 15 is 0 Å². The average molecular weight is 333 g/mol. The maximum Gasteiger partial charge on any atom is 0.314 e. The molecule has 5 heteroatoms. The quantitative estimate of drug-likeness (QED) is 0.718. The van der Waals surface area contributed by atoms with E-state index in [0.717, 1.165) is 13.0 Å². The van der Waals surface area contributed by atoms with Gasteiger partial charge in [0.05, 0.1) is 6.10 Å². The van der Waals surface area contributed by atoms with Crippen molar-refractivity contribution in [1.82, 2.24) is 10.6 Å². The molecule has 134 valence electrons. The van der Waals surface area contributed by atoms with Crippen LogP contribution in [0.25, 0.3) is 0 Å². The Hall–Kier alpha value is -1.75. The van der Waals surface area contributed by atoms with Gasteiger partial charge in [0, 0.05) is 31.4 Å². The summed E-state index contributed by atoms with van der Waals surface area (Å²) in [6, 6.07) is 8.57. The first-order valence-corrected chi connectivity index (χ1v) is 8.83. The molecule has 0 saturated heterocycles. The zero-order valence-corrected chi connectivity index (χ0v) is 15.3. The predicted molar refractivity (Wildman–Crippen MR) is 98.4 cm³/mol. The van der Waals surface area contributed by atoms with Gasteiger partial charge in [-0.15, -0.1) is 0 Å². The first-order valence-electron chi connectivity index (χ1n) is 8.83. The predicted octanol–water partition coefficient (Wildman–Crippen LogP) is 2.53. The van der Waals surface area contributed by atoms with Crippen LogP contribution < -0.4 is 15.5 Å². The van der Waals surface area contributed by atoms with Crippen molar-refractivity contribution in [2.45, 2.75) is 52.7 Å². The summed E-state index contributed by atoms with van der Waals surface area (Å²) < 4.78 is 0. The number of aliphatic hydroxyl groups is 1. The number of carbonyl (C=O) groups excluding carboxylic acids is 1. The molecule has 1 heterocycles. The molecule has 0 aromatic heterocycles. The van der Waals surface area contributed by atoms with Gasteiger partial charge >= 0.3 is 6.03 Å². The fraction of sp³-hybridized carbons (Fsp3) is 0.632. The van der Waals surface area contributed by atoms with Crippen molar-refractivity contribution in [2.75, 3.05) is 24.5 Å². The van der Waals surface area contributed by atoms with E-state index in [-0.39, 0.29) is 23.6 Å². The van der Waals surface area contributed by atoms with Gasteiger partial charge in [-0.2, -0.15) is 0 Å². The Morgan fingerprint density at radius 1 is 1.29 bits per heavy atom. The summed E-state index contributed by atoms with van der Waals surface area (Å²) in [6.07, 6.45) is 1.37. The van der Waals surface area contributed by atoms with E-state index < -0.39 is 0 Å². The van der Waals surface area contributed by atoms with Crippen LogP contribution >= 0.6 is 0 Å². The monoisotopic (exact) mass is 333 g/mol. The summed E-state index contributed by atoms with van der Waals surface area (Å²) in [5, 5.41) is 15.4. The third-order valence-electron chi connectivity index (χ3n) is 4.59. The Kier molecular flexibility index (Phi) is 6.10. The van der Waals surface area contributed by atoms with Crippen molar-refractivity contribution < 1.29 is 9.90 Å². The van der Waals surface area contributed by atoms with E-state index in [1.807, 2.05) is 13.8 Å². The number of para-hydroxylation sites is 1. The average Bonchev–Trinajstić information content (AvgIpc) is 2.93. The molecular formula is C19H31N3O2. The summed E-state index contributed by atoms with van der Waals surface area (Å²) in [4.78, 5) is 14.4. The normalized spacial score (nSPS) is 16.5. The van der Waals surface area contributed by atoms with Gasteiger partial charge in [-0.3, -0.25) is 0 Å². The van der Waals surface area contributed by atoms with E-state index in [0.29, 0.717) is 19.5 Å². The molecule has 2 rings (SSSR count). The van der Waals surface area contributed by atoms with Crippen molar-refractivity contribution >= 4 is 11.7 Å². The van der Waals surface area contributed by atoms with Crippen LogP contribution in [0.2, 0.25) is 0 Å². The molecule has 2 unspecified atom stereocenters. The Morgan fingerprint density at radius 2 is 2.00 bits per heavy atom. The van der Waals surface area contributed by atoms with E-state index in [2.05, 4.69) is 46.7 Å². The second-order valence-corrected chi connectivity index (χ2v) is 7.70. The van der Waals surface area contributed by atoms with E-state index in [4.69, 9.17) is 0 Å². The second kappa shape index (κ2) is 7.88. The van der Waals surface area contributed by atoms with E-state index in [1.54, 1.807) is 6.92 Å². The highest BCUT2D eigenvalue weighted by molar-refractivity contribution is 5.74. The maximum absolute atomic E-state index is 12.0. The van der Waals surface area contributed by atoms with Crippen LogP contribution in [0.4, 0.5) is 10.5 Å². The molecule has 0 saturated carbocycles. The van der Waals surface area contributed by atoms with Gasteiger partial charge in [-0.25, -0.2) is 4.79 Å². The molecule has 3 N–H and O–H groups in total. The SMILES string of the molecule is CC(O)CC(C)(C)CNC(=O)NCC(C)N1CCc2ccccc21. The number of anilines is 1. The Labute approximate surface area is 145 Å². The van der Waals surface area contributed by atoms with Crippen molar-refractivity contribution in [3.63, 3.8) is 0 Å². The number of carbonyl (C=O) groups is 1. The number of amides is 2. The molecule has 1 aliphatic rings. The zero-order chi connectivity index (χ0) is 17.7. The molecule has 2 amide bonds. The van der Waals surface area contributed by atoms with Crippen LogP contribution in [-0.2, 0) is 6.42 Å². The van der Waals surface area contributed by atoms with Crippen molar-refractivity contribution in [3.8, 4) is 0 Å². The molecule has 0 bridgehead atoms. The molecule has 0 radical (unpaired) electrons. The van der Waals surface area contributed by atoms with Gasteiger partial charge < -0.3 is 20.6 Å². The van der Waals surface area contributed by atoms with Gasteiger partial charge in [0.15, 0.2) is 0 Å². The highest BCUT2D eigenvalue weighted by Crippen LogP contribution is 2.28. The number of urea groups is 1. The summed E-state index contributed by atoms with van der Waals surface area (Å²) in [7, 11) is 0. The summed E-state index contributed by atoms with van der Waals surface area (Å²) in [5.74, 6) is 0. The minimum absolute atomic E-state index is 0.120. The fourth-order valence-corrected chi connectivity index (χ4v) is 3.43. The molecule has 1 aromatic rings. The number of fused-ring (bicyclic) bond motifs is 1. The summed E-state index contributed by atoms with van der Waals surface area (Å²) in [5.41, 5.74) is 2.55. The van der Waals surface area contributed by atoms with Crippen molar-refractivity contribution in [2.24, 2.45) is 5.41 Å². The highest BCUT2D eigenvalue weighted by Gasteiger charge is 2.24. The Morgan fingerprint density at radius 3 is 2.71 bits per heavy atom. The van der Waals surface area contributed by atoms with Crippen LogP contribution in [0, 0.1) is 5.41 Å². The molecule has 1 aromatic carbocycles. The minimum atomic E-state index is -0.361. The second-order valence-electron chi connectivity index (χ2n) is 7.70. The Bertz CT molecular complexity index is 557. The first-order chi connectivity index (χ1) is 11.3. The lowest BCUT2D eigenvalue weighted by Crippen LogP contribution is -2.46. The van der Waals surface area contributed by atoms with Crippen LogP contribution in [0.3, 0.4) is 0 Å². The van der Waals surface area contributed by atoms with Gasteiger partial charge in [-0.1, -0.05) is 32.0 Å². The van der Waals surface area contributed by atoms with Gasteiger partial charge in [0.1, 0.15) is 0 Å². The van der Waals surface area contributed by atoms with Crippen LogP contribution in [0.1, 0.15) is 39.7 Å². The minimum Gasteiger partial charge on any atom is -0.393 e. The first kappa shape index (κ1) is 18.6. The molecule has 1 aliphatic heterocycles. The number of hydrogen-bond donors (Lipinski definition) is 3. The number of nitrogens with one attached hydrogen (secondary N) is 2. The van der Waals surface area contributed by atoms with E-state index in [9.17, 15) is 9.90 Å². The summed E-state index contributed by atoms with van der Waals surface area (Å²) in [6.45, 7) is 10.2. The number of hydrogen-bond acceptors (Lipinski definition) is 3. The van der Waals surface area contributed by atoms with Crippen LogP contribution in [0.15, 0.2) is 24.3 Å². The lowest BCUT2D eigenvalue weighted by atomic mass is 9.87. The fourth-order valence-electron chi connectivity index (χ4n) is 3.43. The third kappa shape index (κ3) is 5.13. The molecular weight excluding hydrogens is 302 g/mol. The number of nitrogens with zero attached hydrogens (tertiary/aromatic N) is 1. The molecule has 0 aliphatic carbocycles. The molecule has 5 nitrogen and oxygen atoms in total. The number of aliphatic hydroxyl groups excluding tert-OH is 1. The largest absolute Gasteiger partial charge is 0.393 e. The standard InChI is InChI=1S/C19H31N3O2/c1-14(22-10-9-16-7-5-6-8-17(16)22)12-20-18(24)21-13-19(3,4)11-15(2)23/h5-8,14-15,23H,9-13H2,1-4H3,(H2,20,21,24). The van der Waals surface area contributed by atoms with Crippen LogP contribution in [-0.4, -0.2) is 42.9 Å². The van der Waals surface area contributed by atoms with Crippen LogP contribution in [0.5, 0.6) is 0 Å². The molecule has 0 fully saturated rings. The van der Waals surface area contributed by atoms with E-state index in [1.165, 1.54) is 11.3 Å². The Balaban J connectivity index is 1.76. The molecule has 2 atom stereocenters. The smallest absolute Gasteiger partial charge is 0.314 e. The third-order valence-corrected chi connectivity index (χ3v) is 4.59. The van der Waals surface area contributed by atoms with Gasteiger partial charge in [-0.05, 0) is 43.7 Å². The maximum atomic E-state index is 12.0. The topological polar surface area (TPSA) is 64.6 Å². The van der Waals surface area contributed by atoms with Gasteiger partial charge in [0.2, 0.25) is 0 Å². The lowest BCUT2D eigenvalue weighted by Gasteiger charge is -2.29. The van der Waals surface area contributed by atoms with Gasteiger partial charge in [0.25, 0.3) is 0 Å². The number of benzene rings is 1. The lowest BCUT2D eigenvalue weighted by molar-refractivity contribution is 0.129. The zero-order valence-electron chi connectivity index (χ0n) is 15.3. The molecule has 24 heavy (non-hydrogen) atoms. The van der Waals surface area contributed by atoms with Crippen molar-refractivity contribution in [3.05, 3.63) is 29.8 Å². The number of rotatable bonds is 7. The van der Waals surface area contributed by atoms with Crippen molar-refractivity contribution in [1.29, 1.82) is 0 Å². The highest BCUT2D eigenvalue weighted by atomic mass is 16.3.